The SMILES string of the molecule is Cc1ccc2c(c1)[C@]1(C(=O)N2)[C@H](C(=O)c2ccccc2)[C@]2(C(=O)Nc3ccccc32)[C@@H]2CCCN21. The fourth-order valence-corrected chi connectivity index (χ4v) is 7.43. The van der Waals surface area contributed by atoms with E-state index < -0.39 is 16.9 Å². The molecule has 174 valence electrons. The van der Waals surface area contributed by atoms with E-state index >= 15 is 0 Å². The van der Waals surface area contributed by atoms with Gasteiger partial charge in [0.05, 0.1) is 5.92 Å². The van der Waals surface area contributed by atoms with E-state index in [1.165, 1.54) is 0 Å². The quantitative estimate of drug-likeness (QED) is 0.563. The second-order valence-corrected chi connectivity index (χ2v) is 10.2. The average molecular weight is 464 g/mol. The van der Waals surface area contributed by atoms with Crippen LogP contribution in [0.2, 0.25) is 0 Å². The molecule has 7 rings (SSSR count). The Kier molecular flexibility index (Phi) is 4.05. The van der Waals surface area contributed by atoms with E-state index in [0.717, 1.165) is 40.9 Å². The normalized spacial score (nSPS) is 30.3. The molecule has 6 heteroatoms. The molecule has 2 amide bonds. The summed E-state index contributed by atoms with van der Waals surface area (Å²) in [6.45, 7) is 2.65. The first-order valence-corrected chi connectivity index (χ1v) is 12.2. The van der Waals surface area contributed by atoms with Gasteiger partial charge in [-0.25, -0.2) is 0 Å². The van der Waals surface area contributed by atoms with E-state index in [0.29, 0.717) is 12.1 Å². The van der Waals surface area contributed by atoms with Crippen molar-refractivity contribution in [2.45, 2.75) is 36.8 Å². The van der Waals surface area contributed by atoms with E-state index in [2.05, 4.69) is 15.5 Å². The monoisotopic (exact) mass is 463 g/mol. The molecule has 2 fully saturated rings. The number of amides is 2. The number of carbonyl (C=O) groups excluding carboxylic acids is 3. The summed E-state index contributed by atoms with van der Waals surface area (Å²) in [7, 11) is 0. The summed E-state index contributed by atoms with van der Waals surface area (Å²) < 4.78 is 0. The van der Waals surface area contributed by atoms with Gasteiger partial charge in [0.2, 0.25) is 11.8 Å². The maximum absolute atomic E-state index is 14.6. The van der Waals surface area contributed by atoms with E-state index in [4.69, 9.17) is 0 Å². The predicted molar refractivity (Wildman–Crippen MR) is 132 cm³/mol. The van der Waals surface area contributed by atoms with Crippen LogP contribution in [-0.2, 0) is 20.5 Å². The van der Waals surface area contributed by atoms with Crippen LogP contribution in [-0.4, -0.2) is 35.1 Å². The van der Waals surface area contributed by atoms with Crippen LogP contribution in [0.1, 0.15) is 39.9 Å². The fraction of sp³-hybridized carbons (Fsp3) is 0.276. The number of hydrogen-bond acceptors (Lipinski definition) is 4. The van der Waals surface area contributed by atoms with Gasteiger partial charge in [0.15, 0.2) is 5.78 Å². The number of benzene rings is 3. The number of para-hydroxylation sites is 1. The van der Waals surface area contributed by atoms with Gasteiger partial charge in [-0.15, -0.1) is 0 Å². The molecule has 4 atom stereocenters. The number of rotatable bonds is 2. The Morgan fingerprint density at radius 3 is 2.43 bits per heavy atom. The van der Waals surface area contributed by atoms with Crippen LogP contribution >= 0.6 is 0 Å². The minimum absolute atomic E-state index is 0.170. The Labute approximate surface area is 203 Å². The second kappa shape index (κ2) is 6.89. The lowest BCUT2D eigenvalue weighted by Crippen LogP contribution is -2.55. The van der Waals surface area contributed by atoms with E-state index in [1.807, 2.05) is 67.6 Å². The highest BCUT2D eigenvalue weighted by Gasteiger charge is 2.78. The third kappa shape index (κ3) is 2.31. The van der Waals surface area contributed by atoms with Crippen molar-refractivity contribution in [3.63, 3.8) is 0 Å². The van der Waals surface area contributed by atoms with Crippen molar-refractivity contribution < 1.29 is 14.4 Å². The Hall–Kier alpha value is -3.77. The number of nitrogens with zero attached hydrogens (tertiary/aromatic N) is 1. The van der Waals surface area contributed by atoms with Crippen LogP contribution in [0.25, 0.3) is 0 Å². The zero-order chi connectivity index (χ0) is 23.9. The topological polar surface area (TPSA) is 78.5 Å². The van der Waals surface area contributed by atoms with Gasteiger partial charge in [-0.2, -0.15) is 0 Å². The molecule has 0 aromatic heterocycles. The maximum Gasteiger partial charge on any atom is 0.250 e. The van der Waals surface area contributed by atoms with E-state index in [-0.39, 0.29) is 23.6 Å². The number of ketones is 1. The summed E-state index contributed by atoms with van der Waals surface area (Å²) >= 11 is 0. The molecule has 0 bridgehead atoms. The molecule has 4 heterocycles. The molecule has 0 unspecified atom stereocenters. The Bertz CT molecular complexity index is 1430. The third-order valence-corrected chi connectivity index (χ3v) is 8.60. The van der Waals surface area contributed by atoms with Gasteiger partial charge in [0.1, 0.15) is 11.0 Å². The van der Waals surface area contributed by atoms with Crippen LogP contribution in [0.15, 0.2) is 72.8 Å². The van der Waals surface area contributed by atoms with Gasteiger partial charge in [0, 0.05) is 28.5 Å². The molecule has 35 heavy (non-hydrogen) atoms. The van der Waals surface area contributed by atoms with Crippen molar-refractivity contribution in [2.75, 3.05) is 17.2 Å². The molecule has 0 saturated carbocycles. The van der Waals surface area contributed by atoms with Crippen LogP contribution in [0, 0.1) is 12.8 Å². The van der Waals surface area contributed by atoms with Gasteiger partial charge >= 0.3 is 0 Å². The standard InChI is InChI=1S/C29H25N3O3/c1-17-13-14-22-20(16-17)29(27(35)31-22)25(24(33)18-8-3-2-4-9-18)28(23-12-7-15-32(23)29)19-10-5-6-11-21(19)30-26(28)34/h2-6,8-11,13-14,16,23,25H,7,12,15H2,1H3,(H,30,34)(H,31,35)/t23-,25+,28+,29+/m0/s1. The van der Waals surface area contributed by atoms with Crippen molar-refractivity contribution in [1.29, 1.82) is 0 Å². The van der Waals surface area contributed by atoms with Gasteiger partial charge < -0.3 is 10.6 Å². The molecule has 4 aliphatic heterocycles. The molecule has 2 saturated heterocycles. The van der Waals surface area contributed by atoms with Gasteiger partial charge in [0.25, 0.3) is 0 Å². The van der Waals surface area contributed by atoms with Crippen LogP contribution in [0.3, 0.4) is 0 Å². The first kappa shape index (κ1) is 20.6. The summed E-state index contributed by atoms with van der Waals surface area (Å²) in [6.07, 6.45) is 1.61. The molecule has 0 aliphatic carbocycles. The molecular weight excluding hydrogens is 438 g/mol. The largest absolute Gasteiger partial charge is 0.325 e. The Morgan fingerprint density at radius 2 is 1.60 bits per heavy atom. The third-order valence-electron chi connectivity index (χ3n) is 8.60. The van der Waals surface area contributed by atoms with Crippen molar-refractivity contribution in [1.82, 2.24) is 4.90 Å². The number of hydrogen-bond donors (Lipinski definition) is 2. The second-order valence-electron chi connectivity index (χ2n) is 10.2. The molecule has 0 radical (unpaired) electrons. The number of fused-ring (bicyclic) bond motifs is 7. The van der Waals surface area contributed by atoms with E-state index in [1.54, 1.807) is 12.1 Å². The summed E-state index contributed by atoms with van der Waals surface area (Å²) in [6, 6.07) is 22.4. The van der Waals surface area contributed by atoms with Crippen molar-refractivity contribution >= 4 is 29.0 Å². The minimum Gasteiger partial charge on any atom is -0.325 e. The zero-order valence-corrected chi connectivity index (χ0v) is 19.4. The molecule has 6 nitrogen and oxygen atoms in total. The van der Waals surface area contributed by atoms with Gasteiger partial charge in [-0.05, 0) is 44.0 Å². The summed E-state index contributed by atoms with van der Waals surface area (Å²) in [5, 5.41) is 6.17. The number of Topliss-reactive ketones (excluding diaryl/α,β-unsaturated/α-hetero) is 1. The number of anilines is 2. The zero-order valence-electron chi connectivity index (χ0n) is 19.4. The molecule has 2 spiro atoms. The first-order chi connectivity index (χ1) is 17.0. The highest BCUT2D eigenvalue weighted by molar-refractivity contribution is 6.18. The highest BCUT2D eigenvalue weighted by Crippen LogP contribution is 2.66. The van der Waals surface area contributed by atoms with Crippen molar-refractivity contribution in [3.05, 3.63) is 95.1 Å². The van der Waals surface area contributed by atoms with Crippen LogP contribution < -0.4 is 10.6 Å². The molecule has 4 aliphatic rings. The summed E-state index contributed by atoms with van der Waals surface area (Å²) in [4.78, 5) is 45.1. The predicted octanol–water partition coefficient (Wildman–Crippen LogP) is 4.01. The van der Waals surface area contributed by atoms with Gasteiger partial charge in [-0.3, -0.25) is 19.3 Å². The first-order valence-electron chi connectivity index (χ1n) is 12.2. The number of nitrogens with one attached hydrogen (secondary N) is 2. The number of carbonyl (C=O) groups is 3. The Morgan fingerprint density at radius 1 is 0.886 bits per heavy atom. The minimum atomic E-state index is -1.26. The highest BCUT2D eigenvalue weighted by atomic mass is 16.2. The molecule has 3 aromatic carbocycles. The lowest BCUT2D eigenvalue weighted by molar-refractivity contribution is -0.128. The molecular formula is C29H25N3O3. The molecule has 3 aromatic rings. The molecule has 2 N–H and O–H groups in total. The lowest BCUT2D eigenvalue weighted by Gasteiger charge is -2.38. The maximum atomic E-state index is 14.6. The fourth-order valence-electron chi connectivity index (χ4n) is 7.43. The van der Waals surface area contributed by atoms with E-state index in [9.17, 15) is 14.4 Å². The summed E-state index contributed by atoms with van der Waals surface area (Å²) in [5.41, 5.74) is 2.19. The smallest absolute Gasteiger partial charge is 0.250 e. The average Bonchev–Trinajstić information content (AvgIpc) is 3.59. The van der Waals surface area contributed by atoms with Crippen LogP contribution in [0.5, 0.6) is 0 Å². The lowest BCUT2D eigenvalue weighted by atomic mass is 9.60. The van der Waals surface area contributed by atoms with Gasteiger partial charge in [-0.1, -0.05) is 66.2 Å². The van der Waals surface area contributed by atoms with Crippen LogP contribution in [0.4, 0.5) is 11.4 Å². The number of aryl methyl sites for hydroxylation is 1. The Balaban J connectivity index is 1.60. The summed E-state index contributed by atoms with van der Waals surface area (Å²) in [5.74, 6) is -1.48. The van der Waals surface area contributed by atoms with Crippen molar-refractivity contribution in [3.8, 4) is 0 Å². The van der Waals surface area contributed by atoms with Crippen molar-refractivity contribution in [2.24, 2.45) is 5.92 Å².